The van der Waals surface area contributed by atoms with Gasteiger partial charge in [0.2, 0.25) is 21.8 Å². The van der Waals surface area contributed by atoms with Crippen LogP contribution in [-0.2, 0) is 26.2 Å². The Morgan fingerprint density at radius 3 is 2.36 bits per heavy atom. The van der Waals surface area contributed by atoms with Crippen molar-refractivity contribution in [2.24, 2.45) is 0 Å². The van der Waals surface area contributed by atoms with Crippen molar-refractivity contribution < 1.29 is 22.7 Å². The molecule has 0 saturated carbocycles. The largest absolute Gasteiger partial charge is 0.497 e. The molecule has 0 saturated heterocycles. The van der Waals surface area contributed by atoms with Crippen molar-refractivity contribution in [1.29, 1.82) is 0 Å². The van der Waals surface area contributed by atoms with Crippen LogP contribution in [0.3, 0.4) is 0 Å². The Hall–Kier alpha value is -2.78. The van der Waals surface area contributed by atoms with Gasteiger partial charge in [-0.15, -0.1) is 0 Å². The van der Waals surface area contributed by atoms with Gasteiger partial charge in [-0.3, -0.25) is 13.9 Å². The first-order chi connectivity index (χ1) is 17.0. The molecule has 1 N–H and O–H groups in total. The summed E-state index contributed by atoms with van der Waals surface area (Å²) < 4.78 is 31.4. The zero-order valence-corrected chi connectivity index (χ0v) is 23.1. The van der Waals surface area contributed by atoms with Gasteiger partial charge >= 0.3 is 0 Å². The predicted molar refractivity (Wildman–Crippen MR) is 144 cm³/mol. The Labute approximate surface area is 219 Å². The van der Waals surface area contributed by atoms with Gasteiger partial charge in [0, 0.05) is 36.6 Å². The summed E-state index contributed by atoms with van der Waals surface area (Å²) in [4.78, 5) is 27.7. The van der Waals surface area contributed by atoms with Crippen LogP contribution in [0.4, 0.5) is 5.69 Å². The standard InChI is InChI=1S/C26H36ClN3O5S/c1-6-19(2)28-26(32)20(3)29(18-21-12-14-22(27)15-13-21)25(31)11-8-16-30(36(5,33)34)23-9-7-10-24(17-23)35-4/h7,9-10,12-15,17,19-20H,6,8,11,16,18H2,1-5H3,(H,28,32)/t19-,20-/m1/s1. The molecule has 198 valence electrons. The highest BCUT2D eigenvalue weighted by molar-refractivity contribution is 7.92. The third-order valence-electron chi connectivity index (χ3n) is 5.93. The molecule has 2 aromatic carbocycles. The number of hydrogen-bond acceptors (Lipinski definition) is 5. The number of hydrogen-bond donors (Lipinski definition) is 1. The fourth-order valence-corrected chi connectivity index (χ4v) is 4.69. The van der Waals surface area contributed by atoms with Crippen molar-refractivity contribution in [2.45, 2.75) is 58.7 Å². The summed E-state index contributed by atoms with van der Waals surface area (Å²) in [6, 6.07) is 13.1. The lowest BCUT2D eigenvalue weighted by atomic mass is 10.1. The Morgan fingerprint density at radius 2 is 1.78 bits per heavy atom. The lowest BCUT2D eigenvalue weighted by molar-refractivity contribution is -0.140. The van der Waals surface area contributed by atoms with E-state index in [1.165, 1.54) is 16.3 Å². The van der Waals surface area contributed by atoms with Crippen LogP contribution in [0, 0.1) is 0 Å². The van der Waals surface area contributed by atoms with E-state index >= 15 is 0 Å². The maximum atomic E-state index is 13.3. The van der Waals surface area contributed by atoms with Crippen molar-refractivity contribution in [2.75, 3.05) is 24.2 Å². The molecule has 2 atom stereocenters. The number of halogens is 1. The van der Waals surface area contributed by atoms with E-state index in [-0.39, 0.29) is 43.8 Å². The summed E-state index contributed by atoms with van der Waals surface area (Å²) in [5.74, 6) is 0.0594. The SMILES string of the molecule is CC[C@@H](C)NC(=O)[C@@H](C)N(Cc1ccc(Cl)cc1)C(=O)CCCN(c1cccc(OC)c1)S(C)(=O)=O. The number of anilines is 1. The average molecular weight is 538 g/mol. The minimum atomic E-state index is -3.58. The van der Waals surface area contributed by atoms with E-state index < -0.39 is 16.1 Å². The van der Waals surface area contributed by atoms with Gasteiger partial charge in [0.1, 0.15) is 11.8 Å². The average Bonchev–Trinajstić information content (AvgIpc) is 2.84. The van der Waals surface area contributed by atoms with E-state index in [4.69, 9.17) is 16.3 Å². The molecule has 0 bridgehead atoms. The second-order valence-corrected chi connectivity index (χ2v) is 11.1. The van der Waals surface area contributed by atoms with E-state index in [9.17, 15) is 18.0 Å². The van der Waals surface area contributed by atoms with Crippen LogP contribution < -0.4 is 14.4 Å². The summed E-state index contributed by atoms with van der Waals surface area (Å²) >= 11 is 6.00. The molecule has 0 aliphatic carbocycles. The monoisotopic (exact) mass is 537 g/mol. The van der Waals surface area contributed by atoms with E-state index in [0.29, 0.717) is 16.5 Å². The number of carbonyl (C=O) groups is 2. The Kier molecular flexibility index (Phi) is 11.0. The predicted octanol–water partition coefficient (Wildman–Crippen LogP) is 4.23. The number of methoxy groups -OCH3 is 1. The normalized spacial score (nSPS) is 12.9. The smallest absolute Gasteiger partial charge is 0.242 e. The van der Waals surface area contributed by atoms with Crippen molar-refractivity contribution in [1.82, 2.24) is 10.2 Å². The Balaban J connectivity index is 2.17. The second-order valence-electron chi connectivity index (χ2n) is 8.78. The molecule has 0 spiro atoms. The number of ether oxygens (including phenoxy) is 1. The summed E-state index contributed by atoms with van der Waals surface area (Å²) in [7, 11) is -2.07. The molecule has 0 unspecified atom stereocenters. The second kappa shape index (κ2) is 13.5. The van der Waals surface area contributed by atoms with E-state index in [0.717, 1.165) is 18.2 Å². The molecule has 0 aliphatic rings. The number of nitrogens with zero attached hydrogens (tertiary/aromatic N) is 2. The van der Waals surface area contributed by atoms with Crippen molar-refractivity contribution >= 4 is 39.1 Å². The van der Waals surface area contributed by atoms with Gasteiger partial charge in [-0.05, 0) is 56.5 Å². The highest BCUT2D eigenvalue weighted by atomic mass is 35.5. The van der Waals surface area contributed by atoms with Crippen LogP contribution in [0.5, 0.6) is 5.75 Å². The highest BCUT2D eigenvalue weighted by Gasteiger charge is 2.27. The zero-order chi connectivity index (χ0) is 26.9. The van der Waals surface area contributed by atoms with Crippen molar-refractivity contribution in [3.05, 3.63) is 59.1 Å². The molecule has 0 heterocycles. The maximum absolute atomic E-state index is 13.3. The summed E-state index contributed by atoms with van der Waals surface area (Å²) in [6.45, 7) is 5.93. The van der Waals surface area contributed by atoms with Crippen LogP contribution in [0.25, 0.3) is 0 Å². The molecule has 36 heavy (non-hydrogen) atoms. The van der Waals surface area contributed by atoms with Crippen LogP contribution in [0.1, 0.15) is 45.6 Å². The summed E-state index contributed by atoms with van der Waals surface area (Å²) in [5.41, 5.74) is 1.30. The molecule has 0 fully saturated rings. The lowest BCUT2D eigenvalue weighted by Crippen LogP contribution is -2.49. The zero-order valence-electron chi connectivity index (χ0n) is 21.5. The Morgan fingerprint density at radius 1 is 1.11 bits per heavy atom. The molecule has 0 radical (unpaired) electrons. The first-order valence-corrected chi connectivity index (χ1v) is 14.1. The van der Waals surface area contributed by atoms with Crippen LogP contribution in [0.2, 0.25) is 5.02 Å². The summed E-state index contributed by atoms with van der Waals surface area (Å²) in [5, 5.41) is 3.51. The van der Waals surface area contributed by atoms with Gasteiger partial charge in [-0.2, -0.15) is 0 Å². The molecule has 2 aromatic rings. The highest BCUT2D eigenvalue weighted by Crippen LogP contribution is 2.24. The topological polar surface area (TPSA) is 96.0 Å². The van der Waals surface area contributed by atoms with Gasteiger partial charge in [0.05, 0.1) is 19.1 Å². The molecule has 2 amide bonds. The van der Waals surface area contributed by atoms with Crippen molar-refractivity contribution in [3.63, 3.8) is 0 Å². The molecule has 2 rings (SSSR count). The van der Waals surface area contributed by atoms with Gasteiger partial charge < -0.3 is 15.0 Å². The fourth-order valence-electron chi connectivity index (χ4n) is 3.60. The van der Waals surface area contributed by atoms with Crippen molar-refractivity contribution in [3.8, 4) is 5.75 Å². The number of sulfonamides is 1. The Bertz CT molecular complexity index is 1120. The molecule has 8 nitrogen and oxygen atoms in total. The third kappa shape index (κ3) is 8.71. The molecule has 0 aliphatic heterocycles. The maximum Gasteiger partial charge on any atom is 0.242 e. The quantitative estimate of drug-likeness (QED) is 0.412. The minimum Gasteiger partial charge on any atom is -0.497 e. The van der Waals surface area contributed by atoms with Crippen LogP contribution >= 0.6 is 11.6 Å². The summed E-state index contributed by atoms with van der Waals surface area (Å²) in [6.07, 6.45) is 2.25. The molecular weight excluding hydrogens is 502 g/mol. The van der Waals surface area contributed by atoms with E-state index in [1.807, 2.05) is 26.0 Å². The minimum absolute atomic E-state index is 0.0152. The third-order valence-corrected chi connectivity index (χ3v) is 7.37. The first-order valence-electron chi connectivity index (χ1n) is 11.9. The number of nitrogens with one attached hydrogen (secondary N) is 1. The first kappa shape index (κ1) is 29.5. The van der Waals surface area contributed by atoms with Gasteiger partial charge in [0.15, 0.2) is 0 Å². The fraction of sp³-hybridized carbons (Fsp3) is 0.462. The van der Waals surface area contributed by atoms with Gasteiger partial charge in [-0.25, -0.2) is 8.42 Å². The molecule has 0 aromatic heterocycles. The van der Waals surface area contributed by atoms with Gasteiger partial charge in [-0.1, -0.05) is 36.7 Å². The van der Waals surface area contributed by atoms with Gasteiger partial charge in [0.25, 0.3) is 0 Å². The number of rotatable bonds is 13. The molecular formula is C26H36ClN3O5S. The number of benzene rings is 2. The number of carbonyl (C=O) groups excluding carboxylic acids is 2. The van der Waals surface area contributed by atoms with Crippen LogP contribution in [-0.4, -0.2) is 57.1 Å². The van der Waals surface area contributed by atoms with E-state index in [1.54, 1.807) is 43.3 Å². The molecule has 10 heteroatoms. The van der Waals surface area contributed by atoms with E-state index in [2.05, 4.69) is 5.32 Å². The number of amides is 2. The van der Waals surface area contributed by atoms with Crippen LogP contribution in [0.15, 0.2) is 48.5 Å². The lowest BCUT2D eigenvalue weighted by Gasteiger charge is -2.30.